The Morgan fingerprint density at radius 3 is 2.67 bits per heavy atom. The van der Waals surface area contributed by atoms with E-state index < -0.39 is 0 Å². The van der Waals surface area contributed by atoms with Crippen molar-refractivity contribution < 1.29 is 0 Å². The number of aromatic nitrogens is 2. The number of hydrogen-bond donors (Lipinski definition) is 2. The van der Waals surface area contributed by atoms with Gasteiger partial charge < -0.3 is 0 Å². The Bertz CT molecular complexity index is 323. The third-order valence-corrected chi connectivity index (χ3v) is 4.24. The summed E-state index contributed by atoms with van der Waals surface area (Å²) in [6, 6.07) is 2.94. The van der Waals surface area contributed by atoms with Crippen molar-refractivity contribution in [2.75, 3.05) is 11.5 Å². The molecule has 0 aliphatic carbocycles. The first kappa shape index (κ1) is 15.5. The van der Waals surface area contributed by atoms with Gasteiger partial charge >= 0.3 is 0 Å². The van der Waals surface area contributed by atoms with E-state index in [2.05, 4.69) is 48.2 Å². The second-order valence-electron chi connectivity index (χ2n) is 4.48. The summed E-state index contributed by atoms with van der Waals surface area (Å²) in [5.41, 5.74) is 4.01. The lowest BCUT2D eigenvalue weighted by Crippen LogP contribution is -2.38. The van der Waals surface area contributed by atoms with Gasteiger partial charge in [0.15, 0.2) is 0 Å². The van der Waals surface area contributed by atoms with Crippen LogP contribution in [-0.2, 0) is 6.42 Å². The predicted molar refractivity (Wildman–Crippen MR) is 79.7 cm³/mol. The quantitative estimate of drug-likeness (QED) is 0.534. The first-order chi connectivity index (χ1) is 8.74. The fraction of sp³-hybridized carbons (Fsp3) is 0.769. The number of nitrogens with two attached hydrogens (primary N) is 1. The molecule has 0 aromatic carbocycles. The average Bonchev–Trinajstić information content (AvgIpc) is 2.84. The molecule has 1 unspecified atom stereocenters. The monoisotopic (exact) mass is 270 g/mol. The lowest BCUT2D eigenvalue weighted by molar-refractivity contribution is 0.423. The van der Waals surface area contributed by atoms with E-state index in [0.717, 1.165) is 36.5 Å². The third kappa shape index (κ3) is 4.63. The maximum atomic E-state index is 5.58. The molecule has 0 radical (unpaired) electrons. The highest BCUT2D eigenvalue weighted by molar-refractivity contribution is 7.99. The molecule has 0 aliphatic rings. The lowest BCUT2D eigenvalue weighted by atomic mass is 10.2. The topological polar surface area (TPSA) is 55.9 Å². The minimum atomic E-state index is 0.306. The Morgan fingerprint density at radius 2 is 2.11 bits per heavy atom. The zero-order valence-corrected chi connectivity index (χ0v) is 12.5. The molecule has 4 nitrogen and oxygen atoms in total. The smallest absolute Gasteiger partial charge is 0.0641 e. The van der Waals surface area contributed by atoms with Crippen molar-refractivity contribution in [3.63, 3.8) is 0 Å². The van der Waals surface area contributed by atoms with Crippen LogP contribution in [0, 0.1) is 0 Å². The molecule has 1 heterocycles. The van der Waals surface area contributed by atoms with E-state index in [1.807, 2.05) is 11.8 Å². The van der Waals surface area contributed by atoms with Crippen LogP contribution in [0.1, 0.15) is 45.3 Å². The van der Waals surface area contributed by atoms with E-state index in [4.69, 9.17) is 5.84 Å². The van der Waals surface area contributed by atoms with Crippen molar-refractivity contribution in [3.05, 3.63) is 18.0 Å². The number of thioether (sulfide) groups is 1. The van der Waals surface area contributed by atoms with E-state index in [1.165, 1.54) is 0 Å². The van der Waals surface area contributed by atoms with Gasteiger partial charge in [-0.05, 0) is 24.7 Å². The van der Waals surface area contributed by atoms with Gasteiger partial charge in [-0.3, -0.25) is 16.0 Å². The summed E-state index contributed by atoms with van der Waals surface area (Å²) in [4.78, 5) is 0. The SMILES string of the molecule is CCSCC(Cc1ccn(C(CC)CC)n1)NN. The molecule has 0 bridgehead atoms. The van der Waals surface area contributed by atoms with Crippen molar-refractivity contribution in [2.45, 2.75) is 52.1 Å². The minimum absolute atomic E-state index is 0.306. The van der Waals surface area contributed by atoms with Crippen molar-refractivity contribution in [2.24, 2.45) is 5.84 Å². The number of hydrazine groups is 1. The number of rotatable bonds is 9. The average molecular weight is 270 g/mol. The second kappa shape index (κ2) is 8.56. The summed E-state index contributed by atoms with van der Waals surface area (Å²) < 4.78 is 2.09. The van der Waals surface area contributed by atoms with Crippen LogP contribution in [0.5, 0.6) is 0 Å². The summed E-state index contributed by atoms with van der Waals surface area (Å²) >= 11 is 1.91. The summed E-state index contributed by atoms with van der Waals surface area (Å²) in [5, 5.41) is 4.66. The molecule has 0 amide bonds. The molecule has 104 valence electrons. The van der Waals surface area contributed by atoms with E-state index >= 15 is 0 Å². The molecule has 1 atom stereocenters. The molecule has 18 heavy (non-hydrogen) atoms. The molecule has 0 spiro atoms. The standard InChI is InChI=1S/C13H26N4S/c1-4-13(5-2)17-8-7-11(16-17)9-12(15-14)10-18-6-3/h7-8,12-13,15H,4-6,9-10,14H2,1-3H3. The van der Waals surface area contributed by atoms with E-state index in [0.29, 0.717) is 12.1 Å². The molecular formula is C13H26N4S. The highest BCUT2D eigenvalue weighted by Crippen LogP contribution is 2.15. The fourth-order valence-corrected chi connectivity index (χ4v) is 2.77. The minimum Gasteiger partial charge on any atom is -0.271 e. The molecule has 0 saturated heterocycles. The number of hydrogen-bond acceptors (Lipinski definition) is 4. The summed E-state index contributed by atoms with van der Waals surface area (Å²) in [7, 11) is 0. The molecule has 1 aromatic rings. The first-order valence-corrected chi connectivity index (χ1v) is 7.98. The number of nitrogens with zero attached hydrogens (tertiary/aromatic N) is 2. The van der Waals surface area contributed by atoms with E-state index in [1.54, 1.807) is 0 Å². The maximum Gasteiger partial charge on any atom is 0.0641 e. The van der Waals surface area contributed by atoms with Gasteiger partial charge in [0.05, 0.1) is 11.7 Å². The zero-order valence-electron chi connectivity index (χ0n) is 11.7. The molecule has 0 saturated carbocycles. The van der Waals surface area contributed by atoms with Gasteiger partial charge in [-0.15, -0.1) is 0 Å². The van der Waals surface area contributed by atoms with Gasteiger partial charge in [0.2, 0.25) is 0 Å². The van der Waals surface area contributed by atoms with Crippen LogP contribution in [0.25, 0.3) is 0 Å². The normalized spacial score (nSPS) is 13.2. The molecule has 1 aromatic heterocycles. The van der Waals surface area contributed by atoms with Gasteiger partial charge in [0, 0.05) is 24.4 Å². The van der Waals surface area contributed by atoms with Gasteiger partial charge in [-0.2, -0.15) is 16.9 Å². The van der Waals surface area contributed by atoms with Crippen molar-refractivity contribution in [3.8, 4) is 0 Å². The van der Waals surface area contributed by atoms with Crippen LogP contribution in [0.3, 0.4) is 0 Å². The van der Waals surface area contributed by atoms with Gasteiger partial charge in [-0.1, -0.05) is 20.8 Å². The third-order valence-electron chi connectivity index (χ3n) is 3.19. The summed E-state index contributed by atoms with van der Waals surface area (Å²) in [5.74, 6) is 7.74. The van der Waals surface area contributed by atoms with Crippen molar-refractivity contribution >= 4 is 11.8 Å². The fourth-order valence-electron chi connectivity index (χ4n) is 2.03. The van der Waals surface area contributed by atoms with Gasteiger partial charge in [-0.25, -0.2) is 0 Å². The van der Waals surface area contributed by atoms with Crippen LogP contribution >= 0.6 is 11.8 Å². The molecule has 5 heteroatoms. The Kier molecular flexibility index (Phi) is 7.39. The Hall–Kier alpha value is -0.520. The van der Waals surface area contributed by atoms with Crippen LogP contribution in [-0.4, -0.2) is 27.3 Å². The lowest BCUT2D eigenvalue weighted by Gasteiger charge is -2.14. The van der Waals surface area contributed by atoms with Crippen LogP contribution in [0.4, 0.5) is 0 Å². The van der Waals surface area contributed by atoms with E-state index in [9.17, 15) is 0 Å². The Balaban J connectivity index is 2.56. The molecule has 0 aliphatic heterocycles. The Labute approximate surface area is 115 Å². The van der Waals surface area contributed by atoms with Crippen molar-refractivity contribution in [1.29, 1.82) is 0 Å². The van der Waals surface area contributed by atoms with Crippen LogP contribution in [0.15, 0.2) is 12.3 Å². The van der Waals surface area contributed by atoms with Gasteiger partial charge in [0.1, 0.15) is 0 Å². The van der Waals surface area contributed by atoms with E-state index in [-0.39, 0.29) is 0 Å². The van der Waals surface area contributed by atoms with Crippen LogP contribution < -0.4 is 11.3 Å². The predicted octanol–water partition coefficient (Wildman–Crippen LogP) is 2.37. The first-order valence-electron chi connectivity index (χ1n) is 6.82. The summed E-state index contributed by atoms with van der Waals surface area (Å²) in [6.45, 7) is 6.58. The molecular weight excluding hydrogens is 244 g/mol. The highest BCUT2D eigenvalue weighted by Gasteiger charge is 2.12. The molecule has 0 fully saturated rings. The largest absolute Gasteiger partial charge is 0.271 e. The summed E-state index contributed by atoms with van der Waals surface area (Å²) in [6.07, 6.45) is 5.24. The molecule has 3 N–H and O–H groups in total. The second-order valence-corrected chi connectivity index (χ2v) is 5.80. The van der Waals surface area contributed by atoms with Crippen LogP contribution in [0.2, 0.25) is 0 Å². The zero-order chi connectivity index (χ0) is 13.4. The number of nitrogens with one attached hydrogen (secondary N) is 1. The highest BCUT2D eigenvalue weighted by atomic mass is 32.2. The Morgan fingerprint density at radius 1 is 1.39 bits per heavy atom. The molecule has 1 rings (SSSR count). The van der Waals surface area contributed by atoms with Crippen molar-refractivity contribution in [1.82, 2.24) is 15.2 Å². The van der Waals surface area contributed by atoms with Gasteiger partial charge in [0.25, 0.3) is 0 Å². The maximum absolute atomic E-state index is 5.58.